The first-order valence-corrected chi connectivity index (χ1v) is 9.19. The summed E-state index contributed by atoms with van der Waals surface area (Å²) in [7, 11) is -3.82. The monoisotopic (exact) mass is 441 g/mol. The zero-order chi connectivity index (χ0) is 16.4. The van der Waals surface area contributed by atoms with Crippen LogP contribution in [0.1, 0.15) is 27.2 Å². The normalized spacial score (nSPS) is 14.0. The predicted octanol–water partition coefficient (Wildman–Crippen LogP) is 3.38. The molecule has 21 heavy (non-hydrogen) atoms. The number of aliphatic carboxylic acids is 1. The lowest BCUT2D eigenvalue weighted by atomic mass is 9.85. The van der Waals surface area contributed by atoms with Gasteiger partial charge in [0.25, 0.3) is 0 Å². The van der Waals surface area contributed by atoms with Crippen LogP contribution >= 0.6 is 31.9 Å². The van der Waals surface area contributed by atoms with E-state index >= 15 is 0 Å². The van der Waals surface area contributed by atoms with Crippen molar-refractivity contribution in [3.63, 3.8) is 0 Å². The number of halogens is 2. The highest BCUT2D eigenvalue weighted by Crippen LogP contribution is 2.28. The van der Waals surface area contributed by atoms with Gasteiger partial charge in [-0.25, -0.2) is 13.1 Å². The number of carboxylic acid groups (broad SMARTS) is 1. The lowest BCUT2D eigenvalue weighted by Crippen LogP contribution is -2.45. The molecule has 1 unspecified atom stereocenters. The van der Waals surface area contributed by atoms with Gasteiger partial charge in [0.05, 0.1) is 11.3 Å². The standard InChI is InChI=1S/C13H17Br2NO4S/c1-13(2,3)11(7-12(17)18)16-21(19,20)10-5-4-8(14)6-9(10)15/h4-6,11,16H,7H2,1-3H3,(H,17,18). The van der Waals surface area contributed by atoms with Crippen molar-refractivity contribution >= 4 is 47.9 Å². The second kappa shape index (κ2) is 6.76. The van der Waals surface area contributed by atoms with Crippen LogP contribution in [0.5, 0.6) is 0 Å². The van der Waals surface area contributed by atoms with E-state index in [1.54, 1.807) is 32.9 Å². The molecular weight excluding hydrogens is 426 g/mol. The van der Waals surface area contributed by atoms with Gasteiger partial charge in [-0.15, -0.1) is 0 Å². The largest absolute Gasteiger partial charge is 0.481 e. The molecule has 0 saturated heterocycles. The summed E-state index contributed by atoms with van der Waals surface area (Å²) in [6.45, 7) is 5.37. The van der Waals surface area contributed by atoms with Crippen molar-refractivity contribution in [2.24, 2.45) is 5.41 Å². The first-order chi connectivity index (χ1) is 9.43. The fourth-order valence-corrected chi connectivity index (χ4v) is 4.83. The van der Waals surface area contributed by atoms with Gasteiger partial charge >= 0.3 is 5.97 Å². The van der Waals surface area contributed by atoms with E-state index in [4.69, 9.17) is 5.11 Å². The molecule has 0 radical (unpaired) electrons. The molecule has 118 valence electrons. The number of hydrogen-bond donors (Lipinski definition) is 2. The summed E-state index contributed by atoms with van der Waals surface area (Å²) < 4.78 is 28.5. The van der Waals surface area contributed by atoms with Gasteiger partial charge < -0.3 is 5.11 Å². The van der Waals surface area contributed by atoms with Crippen molar-refractivity contribution < 1.29 is 18.3 Å². The smallest absolute Gasteiger partial charge is 0.304 e. The quantitative estimate of drug-likeness (QED) is 0.731. The Morgan fingerprint density at radius 1 is 1.33 bits per heavy atom. The molecule has 0 saturated carbocycles. The summed E-state index contributed by atoms with van der Waals surface area (Å²) in [4.78, 5) is 11.0. The lowest BCUT2D eigenvalue weighted by Gasteiger charge is -2.30. The van der Waals surface area contributed by atoms with E-state index in [0.29, 0.717) is 4.47 Å². The van der Waals surface area contributed by atoms with E-state index in [9.17, 15) is 13.2 Å². The van der Waals surface area contributed by atoms with E-state index < -0.39 is 27.4 Å². The van der Waals surface area contributed by atoms with Gasteiger partial charge in [-0.05, 0) is 39.5 Å². The third-order valence-corrected chi connectivity index (χ3v) is 5.85. The molecule has 0 fully saturated rings. The molecule has 5 nitrogen and oxygen atoms in total. The Kier molecular flexibility index (Phi) is 5.99. The van der Waals surface area contributed by atoms with Crippen molar-refractivity contribution in [1.29, 1.82) is 0 Å². The Balaban J connectivity index is 3.14. The molecular formula is C13H17Br2NO4S. The van der Waals surface area contributed by atoms with Gasteiger partial charge in [0, 0.05) is 15.0 Å². The second-order valence-corrected chi connectivity index (χ2v) is 9.16. The minimum Gasteiger partial charge on any atom is -0.481 e. The molecule has 0 aliphatic rings. The molecule has 1 rings (SSSR count). The molecule has 2 N–H and O–H groups in total. The summed E-state index contributed by atoms with van der Waals surface area (Å²) in [5.41, 5.74) is -0.521. The van der Waals surface area contributed by atoms with Crippen LogP contribution in [0.4, 0.5) is 0 Å². The highest BCUT2D eigenvalue weighted by atomic mass is 79.9. The van der Waals surface area contributed by atoms with Crippen molar-refractivity contribution in [3.05, 3.63) is 27.1 Å². The molecule has 0 bridgehead atoms. The number of carbonyl (C=O) groups is 1. The van der Waals surface area contributed by atoms with E-state index in [1.165, 1.54) is 6.07 Å². The average Bonchev–Trinajstić information content (AvgIpc) is 2.24. The number of sulfonamides is 1. The molecule has 1 aromatic carbocycles. The zero-order valence-electron chi connectivity index (χ0n) is 11.9. The summed E-state index contributed by atoms with van der Waals surface area (Å²) in [5, 5.41) is 8.96. The van der Waals surface area contributed by atoms with Crippen LogP contribution in [-0.4, -0.2) is 25.5 Å². The topological polar surface area (TPSA) is 83.5 Å². The Hall–Kier alpha value is -0.440. The fourth-order valence-electron chi connectivity index (χ4n) is 1.64. The Bertz CT molecular complexity index is 638. The molecule has 0 aliphatic carbocycles. The van der Waals surface area contributed by atoms with Gasteiger partial charge in [0.2, 0.25) is 10.0 Å². The zero-order valence-corrected chi connectivity index (χ0v) is 15.8. The molecule has 0 amide bonds. The third kappa shape index (κ3) is 5.36. The van der Waals surface area contributed by atoms with Crippen molar-refractivity contribution in [1.82, 2.24) is 4.72 Å². The van der Waals surface area contributed by atoms with Crippen LogP contribution in [0.25, 0.3) is 0 Å². The minimum atomic E-state index is -3.82. The van der Waals surface area contributed by atoms with Crippen molar-refractivity contribution in [3.8, 4) is 0 Å². The summed E-state index contributed by atoms with van der Waals surface area (Å²) in [6, 6.07) is 3.98. The number of hydrogen-bond acceptors (Lipinski definition) is 3. The Morgan fingerprint density at radius 3 is 2.33 bits per heavy atom. The molecule has 1 aromatic rings. The van der Waals surface area contributed by atoms with E-state index in [-0.39, 0.29) is 11.3 Å². The highest BCUT2D eigenvalue weighted by Gasteiger charge is 2.32. The first kappa shape index (κ1) is 18.6. The maximum Gasteiger partial charge on any atom is 0.304 e. The van der Waals surface area contributed by atoms with E-state index in [1.807, 2.05) is 0 Å². The van der Waals surface area contributed by atoms with Crippen LogP contribution in [0, 0.1) is 5.41 Å². The highest BCUT2D eigenvalue weighted by molar-refractivity contribution is 9.11. The van der Waals surface area contributed by atoms with Gasteiger partial charge in [-0.3, -0.25) is 4.79 Å². The number of nitrogens with one attached hydrogen (secondary N) is 1. The Morgan fingerprint density at radius 2 is 1.90 bits per heavy atom. The molecule has 0 aromatic heterocycles. The van der Waals surface area contributed by atoms with Gasteiger partial charge in [-0.2, -0.15) is 0 Å². The minimum absolute atomic E-state index is 0.0744. The SMILES string of the molecule is CC(C)(C)C(CC(=O)O)NS(=O)(=O)c1ccc(Br)cc1Br. The van der Waals surface area contributed by atoms with Gasteiger partial charge in [0.15, 0.2) is 0 Å². The van der Waals surface area contributed by atoms with Crippen LogP contribution in [0.3, 0.4) is 0 Å². The second-order valence-electron chi connectivity index (χ2n) is 5.71. The maximum absolute atomic E-state index is 12.5. The summed E-state index contributed by atoms with van der Waals surface area (Å²) in [5.74, 6) is -1.05. The summed E-state index contributed by atoms with van der Waals surface area (Å²) in [6.07, 6.45) is -0.281. The number of rotatable bonds is 5. The molecule has 8 heteroatoms. The Labute approximate surface area is 141 Å². The van der Waals surface area contributed by atoms with Gasteiger partial charge in [0.1, 0.15) is 0 Å². The molecule has 0 aliphatic heterocycles. The van der Waals surface area contributed by atoms with Crippen LogP contribution in [0.15, 0.2) is 32.0 Å². The number of benzene rings is 1. The van der Waals surface area contributed by atoms with Crippen molar-refractivity contribution in [2.45, 2.75) is 38.1 Å². The number of carboxylic acids is 1. The first-order valence-electron chi connectivity index (χ1n) is 6.12. The molecule has 0 heterocycles. The van der Waals surface area contributed by atoms with E-state index in [2.05, 4.69) is 36.6 Å². The predicted molar refractivity (Wildman–Crippen MR) is 87.7 cm³/mol. The third-order valence-electron chi connectivity index (χ3n) is 2.90. The van der Waals surface area contributed by atoms with Crippen LogP contribution < -0.4 is 4.72 Å². The van der Waals surface area contributed by atoms with Crippen LogP contribution in [-0.2, 0) is 14.8 Å². The maximum atomic E-state index is 12.5. The lowest BCUT2D eigenvalue weighted by molar-refractivity contribution is -0.138. The van der Waals surface area contributed by atoms with E-state index in [0.717, 1.165) is 4.47 Å². The van der Waals surface area contributed by atoms with Gasteiger partial charge in [-0.1, -0.05) is 36.7 Å². The van der Waals surface area contributed by atoms with Crippen molar-refractivity contribution in [2.75, 3.05) is 0 Å². The molecule has 1 atom stereocenters. The molecule has 0 spiro atoms. The van der Waals surface area contributed by atoms with Crippen LogP contribution in [0.2, 0.25) is 0 Å². The fraction of sp³-hybridized carbons (Fsp3) is 0.462. The summed E-state index contributed by atoms with van der Waals surface area (Å²) >= 11 is 6.46. The average molecular weight is 443 g/mol.